The molecule has 1 N–H and O–H groups in total. The topological polar surface area (TPSA) is 82.2 Å². The minimum Gasteiger partial charge on any atom is -0.342 e. The lowest BCUT2D eigenvalue weighted by Crippen LogP contribution is -2.46. The second kappa shape index (κ2) is 8.76. The smallest absolute Gasteiger partial charge is 0.227 e. The lowest BCUT2D eigenvalue weighted by Gasteiger charge is -2.33. The maximum Gasteiger partial charge on any atom is 0.227 e. The first-order valence-electron chi connectivity index (χ1n) is 10.6. The number of nitrogens with zero attached hydrogens (tertiary/aromatic N) is 4. The average molecular weight is 396 g/mol. The molecule has 2 amide bonds. The minimum atomic E-state index is -0.142. The van der Waals surface area contributed by atoms with Crippen molar-refractivity contribution in [2.75, 3.05) is 20.1 Å². The number of fused-ring (bicyclic) bond motifs is 1. The summed E-state index contributed by atoms with van der Waals surface area (Å²) >= 11 is 0. The van der Waals surface area contributed by atoms with E-state index in [4.69, 9.17) is 0 Å². The molecule has 0 saturated carbocycles. The molecular formula is C22H29N5O2. The average Bonchev–Trinajstić information content (AvgIpc) is 3.16. The van der Waals surface area contributed by atoms with Crippen LogP contribution in [0.25, 0.3) is 0 Å². The first-order valence-corrected chi connectivity index (χ1v) is 10.6. The molecule has 7 heteroatoms. The number of rotatable bonds is 6. The van der Waals surface area contributed by atoms with E-state index >= 15 is 0 Å². The quantitative estimate of drug-likeness (QED) is 0.812. The number of nitrogens with one attached hydrogen (secondary N) is 1. The Labute approximate surface area is 171 Å². The molecule has 29 heavy (non-hydrogen) atoms. The number of amides is 2. The summed E-state index contributed by atoms with van der Waals surface area (Å²) in [6.45, 7) is 1.63. The van der Waals surface area contributed by atoms with Crippen molar-refractivity contribution < 1.29 is 9.59 Å². The fourth-order valence-electron chi connectivity index (χ4n) is 4.42. The van der Waals surface area contributed by atoms with Crippen molar-refractivity contribution >= 4 is 11.8 Å². The SMILES string of the molecule is CN(Cc1n[nH]c2c1CCCC2)C(=O)[C@@H]1CCC(=O)N(CCc2ccccn2)C1. The molecule has 2 aliphatic rings. The molecular weight excluding hydrogens is 366 g/mol. The highest BCUT2D eigenvalue weighted by molar-refractivity contribution is 5.83. The molecule has 2 aromatic rings. The van der Waals surface area contributed by atoms with Gasteiger partial charge in [-0.3, -0.25) is 19.7 Å². The van der Waals surface area contributed by atoms with Crippen LogP contribution in [0.15, 0.2) is 24.4 Å². The maximum absolute atomic E-state index is 13.1. The molecule has 4 rings (SSSR count). The zero-order valence-electron chi connectivity index (χ0n) is 17.1. The van der Waals surface area contributed by atoms with Gasteiger partial charge in [0, 0.05) is 50.6 Å². The highest BCUT2D eigenvalue weighted by Gasteiger charge is 2.32. The number of aryl methyl sites for hydroxylation is 1. The van der Waals surface area contributed by atoms with E-state index in [2.05, 4.69) is 15.2 Å². The molecule has 3 heterocycles. The number of piperidine rings is 1. The predicted molar refractivity (Wildman–Crippen MR) is 109 cm³/mol. The number of carbonyl (C=O) groups excluding carboxylic acids is 2. The van der Waals surface area contributed by atoms with Crippen molar-refractivity contribution in [3.63, 3.8) is 0 Å². The Morgan fingerprint density at radius 2 is 2.14 bits per heavy atom. The van der Waals surface area contributed by atoms with E-state index in [1.54, 1.807) is 11.1 Å². The normalized spacial score (nSPS) is 19.1. The first-order chi connectivity index (χ1) is 14.1. The Bertz CT molecular complexity index is 863. The van der Waals surface area contributed by atoms with Gasteiger partial charge in [0.15, 0.2) is 0 Å². The summed E-state index contributed by atoms with van der Waals surface area (Å²) < 4.78 is 0. The minimum absolute atomic E-state index is 0.105. The van der Waals surface area contributed by atoms with Crippen LogP contribution in [-0.2, 0) is 35.4 Å². The lowest BCUT2D eigenvalue weighted by atomic mass is 9.94. The molecule has 1 aliphatic heterocycles. The number of aromatic nitrogens is 3. The van der Waals surface area contributed by atoms with Gasteiger partial charge < -0.3 is 9.80 Å². The van der Waals surface area contributed by atoms with Gasteiger partial charge in [-0.15, -0.1) is 0 Å². The van der Waals surface area contributed by atoms with Crippen molar-refractivity contribution in [3.8, 4) is 0 Å². The van der Waals surface area contributed by atoms with E-state index in [1.807, 2.05) is 30.1 Å². The lowest BCUT2D eigenvalue weighted by molar-refractivity contribution is -0.142. The highest BCUT2D eigenvalue weighted by atomic mass is 16.2. The molecule has 1 aliphatic carbocycles. The summed E-state index contributed by atoms with van der Waals surface area (Å²) in [7, 11) is 1.85. The van der Waals surface area contributed by atoms with Crippen LogP contribution in [-0.4, -0.2) is 56.9 Å². The second-order valence-electron chi connectivity index (χ2n) is 8.18. The summed E-state index contributed by atoms with van der Waals surface area (Å²) in [4.78, 5) is 33.3. The van der Waals surface area contributed by atoms with E-state index in [1.165, 1.54) is 24.1 Å². The molecule has 154 valence electrons. The fraction of sp³-hybridized carbons (Fsp3) is 0.545. The van der Waals surface area contributed by atoms with Crippen LogP contribution >= 0.6 is 0 Å². The van der Waals surface area contributed by atoms with E-state index in [0.29, 0.717) is 38.9 Å². The van der Waals surface area contributed by atoms with Crippen LogP contribution in [0.5, 0.6) is 0 Å². The Morgan fingerprint density at radius 3 is 2.97 bits per heavy atom. The van der Waals surface area contributed by atoms with Crippen molar-refractivity contribution in [2.45, 2.75) is 51.5 Å². The molecule has 0 bridgehead atoms. The Balaban J connectivity index is 1.35. The van der Waals surface area contributed by atoms with Crippen molar-refractivity contribution in [2.24, 2.45) is 5.92 Å². The van der Waals surface area contributed by atoms with Gasteiger partial charge in [0.2, 0.25) is 11.8 Å². The molecule has 0 aromatic carbocycles. The molecule has 1 saturated heterocycles. The van der Waals surface area contributed by atoms with Gasteiger partial charge in [-0.2, -0.15) is 5.10 Å². The Morgan fingerprint density at radius 1 is 1.28 bits per heavy atom. The largest absolute Gasteiger partial charge is 0.342 e. The summed E-state index contributed by atoms with van der Waals surface area (Å²) in [6, 6.07) is 5.81. The van der Waals surface area contributed by atoms with Crippen LogP contribution in [0.2, 0.25) is 0 Å². The summed E-state index contributed by atoms with van der Waals surface area (Å²) in [5.41, 5.74) is 4.49. The molecule has 7 nitrogen and oxygen atoms in total. The molecule has 0 unspecified atom stereocenters. The zero-order valence-corrected chi connectivity index (χ0v) is 17.1. The van der Waals surface area contributed by atoms with Crippen LogP contribution in [0, 0.1) is 5.92 Å². The van der Waals surface area contributed by atoms with Crippen LogP contribution in [0.4, 0.5) is 0 Å². The number of H-pyrrole nitrogens is 1. The third-order valence-corrected chi connectivity index (χ3v) is 6.12. The highest BCUT2D eigenvalue weighted by Crippen LogP contribution is 2.24. The molecule has 1 atom stereocenters. The van der Waals surface area contributed by atoms with Crippen molar-refractivity contribution in [1.82, 2.24) is 25.0 Å². The van der Waals surface area contributed by atoms with E-state index in [9.17, 15) is 9.59 Å². The van der Waals surface area contributed by atoms with E-state index < -0.39 is 0 Å². The summed E-state index contributed by atoms with van der Waals surface area (Å²) in [5.74, 6) is 0.0955. The number of aromatic amines is 1. The predicted octanol–water partition coefficient (Wildman–Crippen LogP) is 2.12. The monoisotopic (exact) mass is 395 g/mol. The number of likely N-dealkylation sites (tertiary alicyclic amines) is 1. The van der Waals surface area contributed by atoms with Gasteiger partial charge in [-0.25, -0.2) is 0 Å². The zero-order chi connectivity index (χ0) is 20.2. The van der Waals surface area contributed by atoms with E-state index in [-0.39, 0.29) is 17.7 Å². The van der Waals surface area contributed by atoms with Crippen molar-refractivity contribution in [3.05, 3.63) is 47.0 Å². The number of hydrogen-bond donors (Lipinski definition) is 1. The fourth-order valence-corrected chi connectivity index (χ4v) is 4.42. The third kappa shape index (κ3) is 4.49. The van der Waals surface area contributed by atoms with Crippen molar-refractivity contribution in [1.29, 1.82) is 0 Å². The maximum atomic E-state index is 13.1. The number of carbonyl (C=O) groups is 2. The van der Waals surface area contributed by atoms with Gasteiger partial charge in [0.05, 0.1) is 18.2 Å². The molecule has 2 aromatic heterocycles. The summed E-state index contributed by atoms with van der Waals surface area (Å²) in [5, 5.41) is 7.61. The first kappa shape index (κ1) is 19.6. The van der Waals surface area contributed by atoms with Gasteiger partial charge in [-0.1, -0.05) is 6.07 Å². The van der Waals surface area contributed by atoms with Gasteiger partial charge in [0.25, 0.3) is 0 Å². The van der Waals surface area contributed by atoms with Crippen LogP contribution < -0.4 is 0 Å². The van der Waals surface area contributed by atoms with Gasteiger partial charge in [0.1, 0.15) is 0 Å². The van der Waals surface area contributed by atoms with Gasteiger partial charge >= 0.3 is 0 Å². The number of pyridine rings is 1. The Kier molecular flexibility index (Phi) is 5.92. The standard InChI is InChI=1S/C22H29N5O2/c1-26(15-20-18-7-2-3-8-19(18)24-25-20)22(29)16-9-10-21(28)27(14-16)13-11-17-6-4-5-12-23-17/h4-6,12,16H,2-3,7-11,13-15H2,1H3,(H,24,25)/t16-/m1/s1. The summed E-state index contributed by atoms with van der Waals surface area (Å²) in [6.07, 6.45) is 8.02. The second-order valence-corrected chi connectivity index (χ2v) is 8.18. The molecule has 0 spiro atoms. The number of hydrogen-bond acceptors (Lipinski definition) is 4. The Hall–Kier alpha value is -2.70. The van der Waals surface area contributed by atoms with Crippen LogP contribution in [0.3, 0.4) is 0 Å². The van der Waals surface area contributed by atoms with Gasteiger partial charge in [-0.05, 0) is 49.8 Å². The molecule has 1 fully saturated rings. The van der Waals surface area contributed by atoms with Crippen LogP contribution in [0.1, 0.15) is 48.3 Å². The van der Waals surface area contributed by atoms with E-state index in [0.717, 1.165) is 24.2 Å². The molecule has 0 radical (unpaired) electrons. The third-order valence-electron chi connectivity index (χ3n) is 6.12.